The summed E-state index contributed by atoms with van der Waals surface area (Å²) in [5.74, 6) is -0.626. The van der Waals surface area contributed by atoms with E-state index in [0.29, 0.717) is 43.1 Å². The topological polar surface area (TPSA) is 86.1 Å². The summed E-state index contributed by atoms with van der Waals surface area (Å²) >= 11 is 0. The van der Waals surface area contributed by atoms with Gasteiger partial charge in [-0.3, -0.25) is 4.79 Å². The van der Waals surface area contributed by atoms with Gasteiger partial charge in [0.1, 0.15) is 11.4 Å². The van der Waals surface area contributed by atoms with Crippen molar-refractivity contribution in [1.82, 2.24) is 19.9 Å². The normalized spacial score (nSPS) is 15.0. The Balaban J connectivity index is 1.46. The van der Waals surface area contributed by atoms with Crippen LogP contribution in [-0.2, 0) is 17.5 Å². The molecule has 2 heterocycles. The molecular weight excluding hydrogens is 492 g/mol. The molecular formula is C26H28F4N4O3. The molecule has 1 aliphatic carbocycles. The van der Waals surface area contributed by atoms with Crippen LogP contribution in [0.4, 0.5) is 22.4 Å². The Morgan fingerprint density at radius 3 is 2.46 bits per heavy atom. The minimum Gasteiger partial charge on any atom is -0.444 e. The quantitative estimate of drug-likeness (QED) is 0.404. The number of nitrogens with one attached hydrogen (secondary N) is 1. The van der Waals surface area contributed by atoms with Crippen molar-refractivity contribution in [3.8, 4) is 11.4 Å². The monoisotopic (exact) mass is 520 g/mol. The number of nitrogens with zero attached hydrogens (tertiary/aromatic N) is 3. The number of aromatic nitrogens is 3. The molecule has 3 aromatic rings. The number of hydrogen-bond donors (Lipinski definition) is 1. The van der Waals surface area contributed by atoms with Gasteiger partial charge in [0.2, 0.25) is 0 Å². The Morgan fingerprint density at radius 2 is 1.86 bits per heavy atom. The molecule has 1 N–H and O–H groups in total. The van der Waals surface area contributed by atoms with Crippen LogP contribution >= 0.6 is 0 Å². The van der Waals surface area contributed by atoms with Crippen molar-refractivity contribution in [2.45, 2.75) is 70.8 Å². The molecule has 7 nitrogen and oxygen atoms in total. The van der Waals surface area contributed by atoms with E-state index in [1.807, 2.05) is 0 Å². The number of alkyl halides is 3. The zero-order chi connectivity index (χ0) is 27.0. The van der Waals surface area contributed by atoms with Crippen LogP contribution in [0, 0.1) is 11.7 Å². The maximum Gasteiger partial charge on any atom is 0.419 e. The number of halogens is 4. The van der Waals surface area contributed by atoms with Crippen LogP contribution < -0.4 is 10.9 Å². The largest absolute Gasteiger partial charge is 0.444 e. The molecule has 1 fully saturated rings. The number of carbonyl (C=O) groups is 1. The summed E-state index contributed by atoms with van der Waals surface area (Å²) in [5.41, 5.74) is -2.12. The van der Waals surface area contributed by atoms with Crippen LogP contribution in [0.25, 0.3) is 22.2 Å². The summed E-state index contributed by atoms with van der Waals surface area (Å²) in [6, 6.07) is 4.00. The van der Waals surface area contributed by atoms with Gasteiger partial charge in [0.05, 0.1) is 16.5 Å². The van der Waals surface area contributed by atoms with Gasteiger partial charge in [-0.2, -0.15) is 13.2 Å². The highest BCUT2D eigenvalue weighted by molar-refractivity contribution is 5.86. The number of benzene rings is 1. The van der Waals surface area contributed by atoms with Crippen LogP contribution in [-0.4, -0.2) is 32.3 Å². The van der Waals surface area contributed by atoms with Gasteiger partial charge in [-0.1, -0.05) is 0 Å². The summed E-state index contributed by atoms with van der Waals surface area (Å²) in [6.45, 7) is 5.77. The first-order valence-corrected chi connectivity index (χ1v) is 12.0. The number of ether oxygens (including phenoxy) is 1. The van der Waals surface area contributed by atoms with Crippen LogP contribution in [0.15, 0.2) is 41.6 Å². The van der Waals surface area contributed by atoms with Crippen molar-refractivity contribution >= 4 is 16.9 Å². The predicted molar refractivity (Wildman–Crippen MR) is 129 cm³/mol. The summed E-state index contributed by atoms with van der Waals surface area (Å²) < 4.78 is 60.0. The van der Waals surface area contributed by atoms with E-state index in [1.165, 1.54) is 10.6 Å². The van der Waals surface area contributed by atoms with E-state index in [1.54, 1.807) is 33.0 Å². The maximum absolute atomic E-state index is 14.8. The molecule has 198 valence electrons. The van der Waals surface area contributed by atoms with E-state index >= 15 is 0 Å². The van der Waals surface area contributed by atoms with E-state index < -0.39 is 29.3 Å². The lowest BCUT2D eigenvalue weighted by Gasteiger charge is -2.23. The molecule has 1 aliphatic rings. The Hall–Kier alpha value is -3.50. The smallest absolute Gasteiger partial charge is 0.419 e. The fourth-order valence-electron chi connectivity index (χ4n) is 4.13. The molecule has 1 atom stereocenters. The molecule has 0 unspecified atom stereocenters. The Morgan fingerprint density at radius 1 is 1.19 bits per heavy atom. The number of carbonyl (C=O) groups excluding carboxylic acids is 1. The molecule has 37 heavy (non-hydrogen) atoms. The van der Waals surface area contributed by atoms with Crippen molar-refractivity contribution in [3.63, 3.8) is 0 Å². The van der Waals surface area contributed by atoms with Crippen LogP contribution in [0.1, 0.15) is 52.0 Å². The number of alkyl carbamates (subject to hydrolysis) is 1. The van der Waals surface area contributed by atoms with Crippen molar-refractivity contribution in [2.24, 2.45) is 5.92 Å². The second-order valence-electron chi connectivity index (χ2n) is 10.3. The van der Waals surface area contributed by atoms with Gasteiger partial charge in [-0.05, 0) is 76.0 Å². The summed E-state index contributed by atoms with van der Waals surface area (Å²) in [6.07, 6.45) is 1.04. The van der Waals surface area contributed by atoms with E-state index in [-0.39, 0.29) is 28.4 Å². The zero-order valence-corrected chi connectivity index (χ0v) is 20.7. The highest BCUT2D eigenvalue weighted by Gasteiger charge is 2.33. The van der Waals surface area contributed by atoms with E-state index in [2.05, 4.69) is 15.3 Å². The van der Waals surface area contributed by atoms with Gasteiger partial charge in [0.15, 0.2) is 5.82 Å². The number of fused-ring (bicyclic) bond motifs is 1. The van der Waals surface area contributed by atoms with E-state index in [4.69, 9.17) is 4.74 Å². The SMILES string of the molecule is CC(C)(C)OC(=O)N[C@H](CCCn1ccc2cc(-c3ncc(C(F)(F)F)cn3)c(F)cc2c1=O)C1CC1. The first-order chi connectivity index (χ1) is 17.3. The molecule has 1 aromatic carbocycles. The number of hydrogen-bond acceptors (Lipinski definition) is 5. The third-order valence-electron chi connectivity index (χ3n) is 6.09. The van der Waals surface area contributed by atoms with Gasteiger partial charge in [-0.25, -0.2) is 19.2 Å². The van der Waals surface area contributed by atoms with Gasteiger partial charge < -0.3 is 14.6 Å². The van der Waals surface area contributed by atoms with E-state index in [9.17, 15) is 27.2 Å². The molecule has 1 amide bonds. The molecule has 0 radical (unpaired) electrons. The van der Waals surface area contributed by atoms with Crippen molar-refractivity contribution < 1.29 is 27.1 Å². The first-order valence-electron chi connectivity index (χ1n) is 12.0. The Labute approximate surface area is 210 Å². The van der Waals surface area contributed by atoms with Gasteiger partial charge in [0.25, 0.3) is 5.56 Å². The van der Waals surface area contributed by atoms with Crippen molar-refractivity contribution in [3.05, 3.63) is 58.5 Å². The minimum atomic E-state index is -4.60. The average Bonchev–Trinajstić information content (AvgIpc) is 3.64. The van der Waals surface area contributed by atoms with Crippen LogP contribution in [0.2, 0.25) is 0 Å². The molecule has 0 saturated heterocycles. The summed E-state index contributed by atoms with van der Waals surface area (Å²) in [7, 11) is 0. The van der Waals surface area contributed by atoms with Crippen LogP contribution in [0.5, 0.6) is 0 Å². The fourth-order valence-corrected chi connectivity index (χ4v) is 4.13. The molecule has 0 aliphatic heterocycles. The Kier molecular flexibility index (Phi) is 7.25. The second kappa shape index (κ2) is 10.1. The third kappa shape index (κ3) is 6.64. The van der Waals surface area contributed by atoms with Crippen molar-refractivity contribution in [1.29, 1.82) is 0 Å². The number of rotatable bonds is 7. The molecule has 1 saturated carbocycles. The lowest BCUT2D eigenvalue weighted by Crippen LogP contribution is -2.40. The number of aryl methyl sites for hydroxylation is 1. The molecule has 4 rings (SSSR count). The van der Waals surface area contributed by atoms with E-state index in [0.717, 1.165) is 18.9 Å². The molecule has 0 bridgehead atoms. The zero-order valence-electron chi connectivity index (χ0n) is 20.7. The maximum atomic E-state index is 14.8. The van der Waals surface area contributed by atoms with Gasteiger partial charge in [0, 0.05) is 31.2 Å². The lowest BCUT2D eigenvalue weighted by atomic mass is 10.1. The fraction of sp³-hybridized carbons (Fsp3) is 0.462. The standard InChI is InChI=1S/C26H28F4N4O3/c1-25(2,3)37-24(36)33-21(15-6-7-15)5-4-9-34-10-8-16-11-19(20(27)12-18(16)23(34)35)22-31-13-17(14-32-22)26(28,29)30/h8,10-15,21H,4-7,9H2,1-3H3,(H,33,36)/t21-/m1/s1. The van der Waals surface area contributed by atoms with Gasteiger partial charge in [-0.15, -0.1) is 0 Å². The average molecular weight is 521 g/mol. The predicted octanol–water partition coefficient (Wildman–Crippen LogP) is 5.70. The number of pyridine rings is 1. The summed E-state index contributed by atoms with van der Waals surface area (Å²) in [4.78, 5) is 32.5. The first kappa shape index (κ1) is 26.6. The number of amides is 1. The highest BCUT2D eigenvalue weighted by Crippen LogP contribution is 2.35. The molecule has 11 heteroatoms. The van der Waals surface area contributed by atoms with Crippen molar-refractivity contribution in [2.75, 3.05) is 0 Å². The third-order valence-corrected chi connectivity index (χ3v) is 6.09. The van der Waals surface area contributed by atoms with Gasteiger partial charge >= 0.3 is 12.3 Å². The molecule has 0 spiro atoms. The Bertz CT molecular complexity index is 1340. The van der Waals surface area contributed by atoms with Crippen LogP contribution in [0.3, 0.4) is 0 Å². The second-order valence-corrected chi connectivity index (χ2v) is 10.3. The minimum absolute atomic E-state index is 0.0465. The highest BCUT2D eigenvalue weighted by atomic mass is 19.4. The summed E-state index contributed by atoms with van der Waals surface area (Å²) in [5, 5.41) is 3.49. The lowest BCUT2D eigenvalue weighted by molar-refractivity contribution is -0.138. The molecule has 2 aromatic heterocycles.